The first-order chi connectivity index (χ1) is 7.36. The summed E-state index contributed by atoms with van der Waals surface area (Å²) in [6.07, 6.45) is 5.92. The molecule has 1 fully saturated rings. The lowest BCUT2D eigenvalue weighted by Crippen LogP contribution is -2.08. The van der Waals surface area contributed by atoms with Crippen LogP contribution in [0.15, 0.2) is 24.8 Å². The van der Waals surface area contributed by atoms with E-state index >= 15 is 0 Å². The van der Waals surface area contributed by atoms with Crippen molar-refractivity contribution in [2.75, 3.05) is 0 Å². The van der Waals surface area contributed by atoms with Crippen molar-refractivity contribution in [2.24, 2.45) is 0 Å². The molecule has 76 valence electrons. The number of hydrogen-bond donors (Lipinski definition) is 0. The third-order valence-electron chi connectivity index (χ3n) is 3.18. The van der Waals surface area contributed by atoms with Gasteiger partial charge in [-0.05, 0) is 42.5 Å². The fourth-order valence-corrected chi connectivity index (χ4v) is 2.84. The highest BCUT2D eigenvalue weighted by atomic mass is 32.1. The Labute approximate surface area is 93.5 Å². The zero-order valence-corrected chi connectivity index (χ0v) is 9.39. The summed E-state index contributed by atoms with van der Waals surface area (Å²) in [6, 6.07) is 6.72. The van der Waals surface area contributed by atoms with Gasteiger partial charge in [0.1, 0.15) is 5.01 Å². The molecule has 0 amide bonds. The Morgan fingerprint density at radius 1 is 1.40 bits per heavy atom. The van der Waals surface area contributed by atoms with Crippen LogP contribution in [0.5, 0.6) is 0 Å². The molecule has 0 unspecified atom stereocenters. The van der Waals surface area contributed by atoms with Crippen molar-refractivity contribution in [2.45, 2.75) is 25.2 Å². The van der Waals surface area contributed by atoms with Gasteiger partial charge in [-0.25, -0.2) is 4.98 Å². The number of benzene rings is 1. The second kappa shape index (κ2) is 3.46. The Balaban J connectivity index is 2.08. The van der Waals surface area contributed by atoms with E-state index in [9.17, 15) is 0 Å². The minimum absolute atomic E-state index is 0.795. The standard InChI is InChI=1S/C13H13NS/c1-2-13-14-11-8-10(9-4-3-5-9)6-7-12(11)15-13/h2,6-9H,1,3-5H2. The zero-order valence-electron chi connectivity index (χ0n) is 8.57. The third kappa shape index (κ3) is 1.49. The Morgan fingerprint density at radius 2 is 2.27 bits per heavy atom. The summed E-state index contributed by atoms with van der Waals surface area (Å²) < 4.78 is 1.27. The van der Waals surface area contributed by atoms with Crippen LogP contribution >= 0.6 is 11.3 Å². The van der Waals surface area contributed by atoms with Gasteiger partial charge in [0.15, 0.2) is 0 Å². The van der Waals surface area contributed by atoms with Crippen LogP contribution in [0.3, 0.4) is 0 Å². The van der Waals surface area contributed by atoms with E-state index in [-0.39, 0.29) is 0 Å². The van der Waals surface area contributed by atoms with E-state index in [1.54, 1.807) is 11.3 Å². The summed E-state index contributed by atoms with van der Waals surface area (Å²) >= 11 is 1.71. The van der Waals surface area contributed by atoms with Crippen LogP contribution in [-0.4, -0.2) is 4.98 Å². The Hall–Kier alpha value is -1.15. The van der Waals surface area contributed by atoms with Gasteiger partial charge < -0.3 is 0 Å². The smallest absolute Gasteiger partial charge is 0.116 e. The summed E-state index contributed by atoms with van der Waals surface area (Å²) in [6.45, 7) is 3.76. The van der Waals surface area contributed by atoms with Gasteiger partial charge >= 0.3 is 0 Å². The van der Waals surface area contributed by atoms with Crippen molar-refractivity contribution >= 4 is 27.6 Å². The molecule has 15 heavy (non-hydrogen) atoms. The summed E-state index contributed by atoms with van der Waals surface area (Å²) in [5, 5.41) is 1.02. The van der Waals surface area contributed by atoms with Gasteiger partial charge in [-0.3, -0.25) is 0 Å². The molecule has 0 atom stereocenters. The molecule has 0 bridgehead atoms. The maximum Gasteiger partial charge on any atom is 0.116 e. The first-order valence-corrected chi connectivity index (χ1v) is 6.21. The van der Waals surface area contributed by atoms with Crippen molar-refractivity contribution in [1.29, 1.82) is 0 Å². The SMILES string of the molecule is C=Cc1nc2cc(C3CCC3)ccc2s1. The van der Waals surface area contributed by atoms with E-state index in [4.69, 9.17) is 0 Å². The Kier molecular flexibility index (Phi) is 2.10. The fourth-order valence-electron chi connectivity index (χ4n) is 2.05. The predicted octanol–water partition coefficient (Wildman–Crippen LogP) is 4.21. The highest BCUT2D eigenvalue weighted by molar-refractivity contribution is 7.19. The van der Waals surface area contributed by atoms with Gasteiger partial charge in [-0.2, -0.15) is 0 Å². The topological polar surface area (TPSA) is 12.9 Å². The molecule has 2 heteroatoms. The van der Waals surface area contributed by atoms with Crippen LogP contribution in [-0.2, 0) is 0 Å². The van der Waals surface area contributed by atoms with E-state index in [0.717, 1.165) is 16.4 Å². The molecular formula is C13H13NS. The lowest BCUT2D eigenvalue weighted by molar-refractivity contribution is 0.420. The van der Waals surface area contributed by atoms with Gasteiger partial charge in [0.2, 0.25) is 0 Å². The average Bonchev–Trinajstić information content (AvgIpc) is 2.57. The summed E-state index contributed by atoms with van der Waals surface area (Å²) in [5.74, 6) is 0.795. The molecule has 1 aliphatic rings. The number of fused-ring (bicyclic) bond motifs is 1. The lowest BCUT2D eigenvalue weighted by atomic mass is 9.80. The van der Waals surface area contributed by atoms with Crippen molar-refractivity contribution in [1.82, 2.24) is 4.98 Å². The van der Waals surface area contributed by atoms with Crippen molar-refractivity contribution in [3.63, 3.8) is 0 Å². The molecule has 0 spiro atoms. The molecule has 3 rings (SSSR count). The van der Waals surface area contributed by atoms with E-state index < -0.39 is 0 Å². The molecule has 0 N–H and O–H groups in total. The highest BCUT2D eigenvalue weighted by Crippen LogP contribution is 2.37. The molecule has 1 aromatic carbocycles. The molecule has 1 saturated carbocycles. The second-order valence-corrected chi connectivity index (χ2v) is 5.17. The largest absolute Gasteiger partial charge is 0.237 e. The molecule has 2 aromatic rings. The van der Waals surface area contributed by atoms with Crippen LogP contribution < -0.4 is 0 Å². The lowest BCUT2D eigenvalue weighted by Gasteiger charge is -2.25. The Morgan fingerprint density at radius 3 is 2.93 bits per heavy atom. The van der Waals surface area contributed by atoms with Crippen LogP contribution in [0.1, 0.15) is 35.8 Å². The maximum atomic E-state index is 4.53. The summed E-state index contributed by atoms with van der Waals surface area (Å²) in [5.41, 5.74) is 2.61. The van der Waals surface area contributed by atoms with E-state index in [1.807, 2.05) is 6.08 Å². The molecule has 0 saturated heterocycles. The van der Waals surface area contributed by atoms with Crippen LogP contribution in [0.2, 0.25) is 0 Å². The predicted molar refractivity (Wildman–Crippen MR) is 66.3 cm³/mol. The highest BCUT2D eigenvalue weighted by Gasteiger charge is 2.19. The number of hydrogen-bond acceptors (Lipinski definition) is 2. The quantitative estimate of drug-likeness (QED) is 0.731. The zero-order chi connectivity index (χ0) is 10.3. The van der Waals surface area contributed by atoms with Crippen molar-refractivity contribution < 1.29 is 0 Å². The van der Waals surface area contributed by atoms with E-state index in [0.29, 0.717) is 0 Å². The molecule has 1 aromatic heterocycles. The molecule has 0 aliphatic heterocycles. The molecule has 1 heterocycles. The van der Waals surface area contributed by atoms with Crippen molar-refractivity contribution in [3.05, 3.63) is 35.3 Å². The van der Waals surface area contributed by atoms with Gasteiger partial charge in [0, 0.05) is 0 Å². The van der Waals surface area contributed by atoms with Crippen LogP contribution in [0.4, 0.5) is 0 Å². The molecule has 0 radical (unpaired) electrons. The number of rotatable bonds is 2. The number of aromatic nitrogens is 1. The van der Waals surface area contributed by atoms with Gasteiger partial charge in [-0.15, -0.1) is 11.3 Å². The van der Waals surface area contributed by atoms with Gasteiger partial charge in [-0.1, -0.05) is 19.1 Å². The summed E-state index contributed by atoms with van der Waals surface area (Å²) in [4.78, 5) is 4.53. The first-order valence-electron chi connectivity index (χ1n) is 5.40. The normalized spacial score (nSPS) is 16.5. The minimum atomic E-state index is 0.795. The first kappa shape index (κ1) is 9.10. The van der Waals surface area contributed by atoms with Gasteiger partial charge in [0.05, 0.1) is 10.2 Å². The maximum absolute atomic E-state index is 4.53. The summed E-state index contributed by atoms with van der Waals surface area (Å²) in [7, 11) is 0. The van der Waals surface area contributed by atoms with Gasteiger partial charge in [0.25, 0.3) is 0 Å². The van der Waals surface area contributed by atoms with Crippen LogP contribution in [0.25, 0.3) is 16.3 Å². The third-order valence-corrected chi connectivity index (χ3v) is 4.21. The monoisotopic (exact) mass is 215 g/mol. The Bertz CT molecular complexity index is 508. The second-order valence-electron chi connectivity index (χ2n) is 4.11. The average molecular weight is 215 g/mol. The number of thiazole rings is 1. The molecule has 1 nitrogen and oxygen atoms in total. The van der Waals surface area contributed by atoms with E-state index in [1.165, 1.54) is 29.5 Å². The van der Waals surface area contributed by atoms with E-state index in [2.05, 4.69) is 29.8 Å². The molecule has 1 aliphatic carbocycles. The van der Waals surface area contributed by atoms with Crippen LogP contribution in [0, 0.1) is 0 Å². The number of nitrogens with zero attached hydrogens (tertiary/aromatic N) is 1. The van der Waals surface area contributed by atoms with Crippen molar-refractivity contribution in [3.8, 4) is 0 Å². The fraction of sp³-hybridized carbons (Fsp3) is 0.308. The molecular weight excluding hydrogens is 202 g/mol. The minimum Gasteiger partial charge on any atom is -0.237 e.